The Morgan fingerprint density at radius 2 is 1.76 bits per heavy atom. The van der Waals surface area contributed by atoms with Gasteiger partial charge in [-0.1, -0.05) is 36.4 Å². The Balaban J connectivity index is 1.86. The zero-order chi connectivity index (χ0) is 15.2. The molecule has 0 aromatic heterocycles. The van der Waals surface area contributed by atoms with Crippen LogP contribution in [0.5, 0.6) is 0 Å². The zero-order valence-electron chi connectivity index (χ0n) is 12.0. The predicted octanol–water partition coefficient (Wildman–Crippen LogP) is 3.17. The summed E-state index contributed by atoms with van der Waals surface area (Å²) in [5.41, 5.74) is 1.62. The Hall–Kier alpha value is -1.78. The van der Waals surface area contributed by atoms with Crippen LogP contribution < -0.4 is 0 Å². The van der Waals surface area contributed by atoms with Crippen LogP contribution in [0.3, 0.4) is 0 Å². The first-order valence-corrected chi connectivity index (χ1v) is 6.92. The normalized spacial score (nSPS) is 12.6. The molecule has 4 heteroatoms. The molecule has 2 nitrogen and oxygen atoms in total. The number of hydrogen-bond donors (Lipinski definition) is 1. The van der Waals surface area contributed by atoms with Crippen LogP contribution >= 0.6 is 0 Å². The first-order chi connectivity index (χ1) is 10.1. The first-order valence-electron chi connectivity index (χ1n) is 6.92. The molecule has 0 saturated heterocycles. The number of aliphatic hydroxyl groups excluding tert-OH is 1. The average Bonchev–Trinajstić information content (AvgIpc) is 2.49. The van der Waals surface area contributed by atoms with Gasteiger partial charge in [-0.2, -0.15) is 0 Å². The minimum atomic E-state index is -0.932. The van der Waals surface area contributed by atoms with Crippen molar-refractivity contribution >= 4 is 0 Å². The Bertz CT molecular complexity index is 574. The fourth-order valence-corrected chi connectivity index (χ4v) is 2.18. The van der Waals surface area contributed by atoms with Crippen LogP contribution in [-0.4, -0.2) is 30.1 Å². The Kier molecular flexibility index (Phi) is 5.42. The van der Waals surface area contributed by atoms with Crippen LogP contribution in [-0.2, 0) is 6.42 Å². The average molecular weight is 291 g/mol. The molecule has 0 fully saturated rings. The van der Waals surface area contributed by atoms with Crippen molar-refractivity contribution < 1.29 is 13.9 Å². The quantitative estimate of drug-likeness (QED) is 0.883. The van der Waals surface area contributed by atoms with Crippen LogP contribution in [0.2, 0.25) is 0 Å². The van der Waals surface area contributed by atoms with Crippen LogP contribution in [0.25, 0.3) is 0 Å². The minimum Gasteiger partial charge on any atom is -0.387 e. The van der Waals surface area contributed by atoms with E-state index in [1.807, 2.05) is 30.1 Å². The van der Waals surface area contributed by atoms with Crippen molar-refractivity contribution in [3.63, 3.8) is 0 Å². The highest BCUT2D eigenvalue weighted by Gasteiger charge is 2.13. The topological polar surface area (TPSA) is 23.5 Å². The highest BCUT2D eigenvalue weighted by molar-refractivity contribution is 5.20. The summed E-state index contributed by atoms with van der Waals surface area (Å²) in [6, 6.07) is 13.6. The largest absolute Gasteiger partial charge is 0.387 e. The number of rotatable bonds is 6. The van der Waals surface area contributed by atoms with Gasteiger partial charge in [-0.3, -0.25) is 0 Å². The molecule has 0 bridgehead atoms. The molecular formula is C17H19F2NO. The van der Waals surface area contributed by atoms with Gasteiger partial charge in [0.15, 0.2) is 11.6 Å². The van der Waals surface area contributed by atoms with Gasteiger partial charge in [0.05, 0.1) is 6.10 Å². The maximum Gasteiger partial charge on any atom is 0.159 e. The van der Waals surface area contributed by atoms with Crippen molar-refractivity contribution in [3.05, 3.63) is 71.3 Å². The van der Waals surface area contributed by atoms with Crippen LogP contribution in [0.4, 0.5) is 8.78 Å². The molecule has 1 N–H and O–H groups in total. The third kappa shape index (κ3) is 4.62. The molecule has 0 radical (unpaired) electrons. The smallest absolute Gasteiger partial charge is 0.159 e. The van der Waals surface area contributed by atoms with Crippen LogP contribution in [0.15, 0.2) is 48.5 Å². The molecular weight excluding hydrogens is 272 g/mol. The van der Waals surface area contributed by atoms with E-state index in [0.717, 1.165) is 25.1 Å². The van der Waals surface area contributed by atoms with E-state index in [0.29, 0.717) is 12.1 Å². The molecule has 0 aliphatic heterocycles. The maximum absolute atomic E-state index is 13.1. The highest BCUT2D eigenvalue weighted by atomic mass is 19.2. The second-order valence-electron chi connectivity index (χ2n) is 5.19. The van der Waals surface area contributed by atoms with Gasteiger partial charge in [-0.25, -0.2) is 8.78 Å². The highest BCUT2D eigenvalue weighted by Crippen LogP contribution is 2.17. The first kappa shape index (κ1) is 15.6. The molecule has 1 atom stereocenters. The van der Waals surface area contributed by atoms with Gasteiger partial charge in [0.2, 0.25) is 0 Å². The monoisotopic (exact) mass is 291 g/mol. The summed E-state index contributed by atoms with van der Waals surface area (Å²) in [5, 5.41) is 10.1. The molecule has 2 aromatic carbocycles. The van der Waals surface area contributed by atoms with Crippen molar-refractivity contribution in [2.24, 2.45) is 0 Å². The summed E-state index contributed by atoms with van der Waals surface area (Å²) >= 11 is 0. The van der Waals surface area contributed by atoms with Crippen molar-refractivity contribution in [3.8, 4) is 0 Å². The standard InChI is InChI=1S/C17H19F2NO/c1-20(10-9-13-5-3-2-4-6-13)12-17(21)14-7-8-15(18)16(19)11-14/h2-8,11,17,21H,9-10,12H2,1H3. The SMILES string of the molecule is CN(CCc1ccccc1)CC(O)c1ccc(F)c(F)c1. The molecule has 0 spiro atoms. The molecule has 2 aromatic rings. The Labute approximate surface area is 123 Å². The fourth-order valence-electron chi connectivity index (χ4n) is 2.18. The molecule has 21 heavy (non-hydrogen) atoms. The number of likely N-dealkylation sites (N-methyl/N-ethyl adjacent to an activating group) is 1. The summed E-state index contributed by atoms with van der Waals surface area (Å²) in [5.74, 6) is -1.83. The van der Waals surface area contributed by atoms with E-state index < -0.39 is 17.7 Å². The van der Waals surface area contributed by atoms with Gasteiger partial charge >= 0.3 is 0 Å². The summed E-state index contributed by atoms with van der Waals surface area (Å²) in [4.78, 5) is 1.97. The molecule has 2 rings (SSSR count). The third-order valence-corrected chi connectivity index (χ3v) is 3.44. The number of aliphatic hydroxyl groups is 1. The molecule has 0 heterocycles. The number of benzene rings is 2. The molecule has 0 aliphatic rings. The number of nitrogens with zero attached hydrogens (tertiary/aromatic N) is 1. The van der Waals surface area contributed by atoms with Gasteiger partial charge in [-0.15, -0.1) is 0 Å². The van der Waals surface area contributed by atoms with Gasteiger partial charge in [-0.05, 0) is 36.7 Å². The molecule has 112 valence electrons. The van der Waals surface area contributed by atoms with Crippen LogP contribution in [0.1, 0.15) is 17.2 Å². The molecule has 1 unspecified atom stereocenters. The zero-order valence-corrected chi connectivity index (χ0v) is 12.0. The third-order valence-electron chi connectivity index (χ3n) is 3.44. The van der Waals surface area contributed by atoms with Crippen molar-refractivity contribution in [2.45, 2.75) is 12.5 Å². The lowest BCUT2D eigenvalue weighted by atomic mass is 10.1. The molecule has 0 amide bonds. The van der Waals surface area contributed by atoms with Gasteiger partial charge in [0.1, 0.15) is 0 Å². The van der Waals surface area contributed by atoms with Crippen molar-refractivity contribution in [1.82, 2.24) is 4.90 Å². The molecule has 0 aliphatic carbocycles. The van der Waals surface area contributed by atoms with E-state index >= 15 is 0 Å². The van der Waals surface area contributed by atoms with Gasteiger partial charge in [0, 0.05) is 13.1 Å². The lowest BCUT2D eigenvalue weighted by molar-refractivity contribution is 0.127. The summed E-state index contributed by atoms with van der Waals surface area (Å²) < 4.78 is 26.0. The fraction of sp³-hybridized carbons (Fsp3) is 0.294. The lowest BCUT2D eigenvalue weighted by Crippen LogP contribution is -2.26. The van der Waals surface area contributed by atoms with E-state index in [9.17, 15) is 13.9 Å². The van der Waals surface area contributed by atoms with E-state index in [1.54, 1.807) is 0 Å². The van der Waals surface area contributed by atoms with Crippen molar-refractivity contribution in [1.29, 1.82) is 0 Å². The van der Waals surface area contributed by atoms with E-state index in [-0.39, 0.29) is 0 Å². The summed E-state index contributed by atoms with van der Waals surface area (Å²) in [6.45, 7) is 1.16. The second kappa shape index (κ2) is 7.29. The second-order valence-corrected chi connectivity index (χ2v) is 5.19. The summed E-state index contributed by atoms with van der Waals surface area (Å²) in [7, 11) is 1.89. The van der Waals surface area contributed by atoms with Crippen molar-refractivity contribution in [2.75, 3.05) is 20.1 Å². The van der Waals surface area contributed by atoms with E-state index in [2.05, 4.69) is 12.1 Å². The molecule has 0 saturated carbocycles. The predicted molar refractivity (Wildman–Crippen MR) is 79.0 cm³/mol. The van der Waals surface area contributed by atoms with E-state index in [1.165, 1.54) is 11.6 Å². The van der Waals surface area contributed by atoms with E-state index in [4.69, 9.17) is 0 Å². The number of hydrogen-bond acceptors (Lipinski definition) is 2. The Morgan fingerprint density at radius 3 is 2.43 bits per heavy atom. The van der Waals surface area contributed by atoms with Crippen LogP contribution in [0, 0.1) is 11.6 Å². The maximum atomic E-state index is 13.1. The lowest BCUT2D eigenvalue weighted by Gasteiger charge is -2.21. The minimum absolute atomic E-state index is 0.373. The van der Waals surface area contributed by atoms with Gasteiger partial charge < -0.3 is 10.0 Å². The Morgan fingerprint density at radius 1 is 1.05 bits per heavy atom. The summed E-state index contributed by atoms with van der Waals surface area (Å²) in [6.07, 6.45) is 0.0443. The number of halogens is 2. The van der Waals surface area contributed by atoms with Gasteiger partial charge in [0.25, 0.3) is 0 Å².